The topological polar surface area (TPSA) is 84.7 Å². The average molecular weight is 425 g/mol. The number of benzene rings is 1. The summed E-state index contributed by atoms with van der Waals surface area (Å²) in [6, 6.07) is 9.99. The number of hydrogen-bond donors (Lipinski definition) is 2. The molecular formula is C22H25ClN6O. The van der Waals surface area contributed by atoms with E-state index in [1.165, 1.54) is 0 Å². The Morgan fingerprint density at radius 2 is 2.03 bits per heavy atom. The maximum Gasteiger partial charge on any atom is 0.273 e. The van der Waals surface area contributed by atoms with Gasteiger partial charge in [-0.1, -0.05) is 28.9 Å². The third-order valence-corrected chi connectivity index (χ3v) is 5.43. The fourth-order valence-corrected chi connectivity index (χ4v) is 3.74. The summed E-state index contributed by atoms with van der Waals surface area (Å²) in [6.45, 7) is 7.61. The molecule has 1 atom stereocenters. The van der Waals surface area contributed by atoms with Crippen molar-refractivity contribution < 1.29 is 4.79 Å². The second-order valence-electron chi connectivity index (χ2n) is 8.49. The van der Waals surface area contributed by atoms with E-state index >= 15 is 0 Å². The summed E-state index contributed by atoms with van der Waals surface area (Å²) in [5.74, 6) is -0.214. The molecular weight excluding hydrogens is 400 g/mol. The summed E-state index contributed by atoms with van der Waals surface area (Å²) in [6.07, 6.45) is 4.20. The Morgan fingerprint density at radius 1 is 1.23 bits per heavy atom. The molecule has 1 aliphatic rings. The lowest BCUT2D eigenvalue weighted by Crippen LogP contribution is -2.30. The molecule has 0 bridgehead atoms. The fraction of sp³-hybridized carbons (Fsp3) is 0.364. The van der Waals surface area contributed by atoms with Crippen LogP contribution in [0.2, 0.25) is 5.15 Å². The van der Waals surface area contributed by atoms with Crippen LogP contribution < -0.4 is 10.6 Å². The maximum atomic E-state index is 12.8. The Hall–Kier alpha value is -2.77. The number of nitrogens with one attached hydrogen (secondary N) is 2. The Morgan fingerprint density at radius 3 is 2.77 bits per heavy atom. The van der Waals surface area contributed by atoms with Gasteiger partial charge >= 0.3 is 0 Å². The van der Waals surface area contributed by atoms with Crippen molar-refractivity contribution in [3.63, 3.8) is 0 Å². The summed E-state index contributed by atoms with van der Waals surface area (Å²) >= 11 is 6.05. The molecule has 1 amide bonds. The lowest BCUT2D eigenvalue weighted by molar-refractivity contribution is 0.0930. The average Bonchev–Trinajstić information content (AvgIpc) is 3.13. The van der Waals surface area contributed by atoms with Gasteiger partial charge in [-0.05, 0) is 74.2 Å². The van der Waals surface area contributed by atoms with Crippen molar-refractivity contribution in [2.24, 2.45) is 0 Å². The number of carbonyl (C=O) groups is 1. The van der Waals surface area contributed by atoms with E-state index in [-0.39, 0.29) is 17.5 Å². The zero-order valence-electron chi connectivity index (χ0n) is 17.3. The van der Waals surface area contributed by atoms with E-state index < -0.39 is 0 Å². The molecule has 0 fully saturated rings. The Labute approximate surface area is 180 Å². The predicted molar refractivity (Wildman–Crippen MR) is 116 cm³/mol. The molecule has 2 N–H and O–H groups in total. The monoisotopic (exact) mass is 424 g/mol. The lowest BCUT2D eigenvalue weighted by atomic mass is 9.95. The molecule has 0 saturated heterocycles. The lowest BCUT2D eigenvalue weighted by Gasteiger charge is -2.19. The highest BCUT2D eigenvalue weighted by atomic mass is 35.5. The quantitative estimate of drug-likeness (QED) is 0.626. The molecule has 1 aliphatic heterocycles. The van der Waals surface area contributed by atoms with E-state index in [1.807, 2.05) is 32.9 Å². The van der Waals surface area contributed by atoms with Crippen molar-refractivity contribution in [2.45, 2.75) is 45.3 Å². The van der Waals surface area contributed by atoms with E-state index in [0.717, 1.165) is 41.8 Å². The molecule has 4 rings (SSSR count). The number of amides is 1. The Bertz CT molecular complexity index is 1070. The number of rotatable bonds is 3. The standard InChI is InChI=1S/C22H25ClN6O/c1-22(2,3)29-13-19(27-28-29)21(30)26-18-7-8-24-12-16-10-14(4-5-17(16)18)15-6-9-25-20(23)11-15/h4-6,9-11,13,18,24H,7-8,12H2,1-3H3,(H,26,30)/t18-/m1/s1. The van der Waals surface area contributed by atoms with Gasteiger partial charge in [0.15, 0.2) is 5.69 Å². The minimum atomic E-state index is -0.226. The zero-order chi connectivity index (χ0) is 21.3. The molecule has 7 nitrogen and oxygen atoms in total. The van der Waals surface area contributed by atoms with Gasteiger partial charge in [0.25, 0.3) is 5.91 Å². The van der Waals surface area contributed by atoms with Crippen LogP contribution in [0.3, 0.4) is 0 Å². The molecule has 0 spiro atoms. The minimum Gasteiger partial charge on any atom is -0.344 e. The van der Waals surface area contributed by atoms with Crippen LogP contribution in [0, 0.1) is 0 Å². The van der Waals surface area contributed by atoms with Crippen molar-refractivity contribution in [3.8, 4) is 11.1 Å². The van der Waals surface area contributed by atoms with Gasteiger partial charge in [0.2, 0.25) is 0 Å². The second-order valence-corrected chi connectivity index (χ2v) is 8.88. The van der Waals surface area contributed by atoms with Gasteiger partial charge in [-0.3, -0.25) is 4.79 Å². The predicted octanol–water partition coefficient (Wildman–Crippen LogP) is 3.71. The molecule has 3 aromatic rings. The largest absolute Gasteiger partial charge is 0.344 e. The smallest absolute Gasteiger partial charge is 0.273 e. The SMILES string of the molecule is CC(C)(C)n1cc(C(=O)N[C@@H]2CCNCc3cc(-c4ccnc(Cl)c4)ccc32)nn1. The molecule has 2 aromatic heterocycles. The maximum absolute atomic E-state index is 12.8. The van der Waals surface area contributed by atoms with E-state index in [9.17, 15) is 4.79 Å². The normalized spacial score (nSPS) is 16.6. The first-order chi connectivity index (χ1) is 14.3. The highest BCUT2D eigenvalue weighted by Crippen LogP contribution is 2.29. The number of carbonyl (C=O) groups excluding carboxylic acids is 1. The van der Waals surface area contributed by atoms with Crippen molar-refractivity contribution in [1.82, 2.24) is 30.6 Å². The first-order valence-corrected chi connectivity index (χ1v) is 10.4. The number of nitrogens with zero attached hydrogens (tertiary/aromatic N) is 4. The fourth-order valence-electron chi connectivity index (χ4n) is 3.56. The van der Waals surface area contributed by atoms with Crippen LogP contribution in [0.15, 0.2) is 42.7 Å². The van der Waals surface area contributed by atoms with Gasteiger partial charge in [-0.25, -0.2) is 9.67 Å². The molecule has 30 heavy (non-hydrogen) atoms. The Kier molecular flexibility index (Phi) is 5.58. The van der Waals surface area contributed by atoms with Crippen LogP contribution >= 0.6 is 11.6 Å². The van der Waals surface area contributed by atoms with Gasteiger partial charge in [0.05, 0.1) is 17.8 Å². The van der Waals surface area contributed by atoms with Gasteiger partial charge < -0.3 is 10.6 Å². The van der Waals surface area contributed by atoms with Crippen LogP contribution in [0.5, 0.6) is 0 Å². The first-order valence-electron chi connectivity index (χ1n) is 10.0. The number of fused-ring (bicyclic) bond motifs is 1. The highest BCUT2D eigenvalue weighted by molar-refractivity contribution is 6.29. The summed E-state index contributed by atoms with van der Waals surface area (Å²) in [4.78, 5) is 16.9. The van der Waals surface area contributed by atoms with Crippen LogP contribution in [-0.2, 0) is 12.1 Å². The molecule has 0 aliphatic carbocycles. The summed E-state index contributed by atoms with van der Waals surface area (Å²) in [7, 11) is 0. The van der Waals surface area contributed by atoms with Crippen molar-refractivity contribution in [1.29, 1.82) is 0 Å². The third kappa shape index (κ3) is 4.37. The van der Waals surface area contributed by atoms with Gasteiger partial charge in [-0.2, -0.15) is 0 Å². The zero-order valence-corrected chi connectivity index (χ0v) is 18.1. The summed E-state index contributed by atoms with van der Waals surface area (Å²) < 4.78 is 1.70. The molecule has 3 heterocycles. The molecule has 0 unspecified atom stereocenters. The van der Waals surface area contributed by atoms with Crippen molar-refractivity contribution in [3.05, 3.63) is 64.7 Å². The van der Waals surface area contributed by atoms with Crippen molar-refractivity contribution >= 4 is 17.5 Å². The number of aromatic nitrogens is 4. The van der Waals surface area contributed by atoms with Crippen LogP contribution in [-0.4, -0.2) is 32.4 Å². The van der Waals surface area contributed by atoms with Gasteiger partial charge in [0, 0.05) is 12.7 Å². The third-order valence-electron chi connectivity index (χ3n) is 5.22. The molecule has 0 saturated carbocycles. The van der Waals surface area contributed by atoms with E-state index in [2.05, 4.69) is 44.1 Å². The van der Waals surface area contributed by atoms with E-state index in [4.69, 9.17) is 11.6 Å². The molecule has 1 aromatic carbocycles. The van der Waals surface area contributed by atoms with Gasteiger partial charge in [0.1, 0.15) is 5.15 Å². The minimum absolute atomic E-state index is 0.0997. The highest BCUT2D eigenvalue weighted by Gasteiger charge is 2.24. The molecule has 156 valence electrons. The number of pyridine rings is 1. The van der Waals surface area contributed by atoms with Crippen LogP contribution in [0.4, 0.5) is 0 Å². The summed E-state index contributed by atoms with van der Waals surface area (Å²) in [5.41, 5.74) is 4.45. The van der Waals surface area contributed by atoms with Crippen LogP contribution in [0.1, 0.15) is 54.8 Å². The second kappa shape index (κ2) is 8.16. The summed E-state index contributed by atoms with van der Waals surface area (Å²) in [5, 5.41) is 15.2. The van der Waals surface area contributed by atoms with Crippen molar-refractivity contribution in [2.75, 3.05) is 6.54 Å². The molecule has 8 heteroatoms. The first kappa shape index (κ1) is 20.5. The van der Waals surface area contributed by atoms with E-state index in [1.54, 1.807) is 17.1 Å². The number of hydrogen-bond acceptors (Lipinski definition) is 5. The van der Waals surface area contributed by atoms with Crippen LogP contribution in [0.25, 0.3) is 11.1 Å². The Balaban J connectivity index is 1.58. The number of halogens is 1. The van der Waals surface area contributed by atoms with Gasteiger partial charge in [-0.15, -0.1) is 5.10 Å². The molecule has 0 radical (unpaired) electrons. The van der Waals surface area contributed by atoms with E-state index in [0.29, 0.717) is 10.8 Å².